The molecule has 0 nitrogen and oxygen atoms in total. The third kappa shape index (κ3) is 3.47. The number of unbranched alkanes of at least 4 members (excludes halogenated alkanes) is 2. The van der Waals surface area contributed by atoms with E-state index in [2.05, 4.69) is 111 Å². The summed E-state index contributed by atoms with van der Waals surface area (Å²) in [6.45, 7) is 4.76. The number of hydrogen-bond donors (Lipinski definition) is 0. The van der Waals surface area contributed by atoms with Gasteiger partial charge < -0.3 is 0 Å². The Balaban J connectivity index is 1.66. The molecule has 0 aromatic heterocycles. The Labute approximate surface area is 212 Å². The van der Waals surface area contributed by atoms with E-state index >= 15 is 0 Å². The summed E-state index contributed by atoms with van der Waals surface area (Å²) in [6, 6.07) is 40.2. The van der Waals surface area contributed by atoms with Crippen LogP contribution in [0, 0.1) is 0 Å². The Hall–Kier alpha value is -2.90. The quantitative estimate of drug-likeness (QED) is 0.224. The van der Waals surface area contributed by atoms with Gasteiger partial charge in [-0.15, -0.1) is 0 Å². The first-order valence-corrected chi connectivity index (χ1v) is 16.2. The van der Waals surface area contributed by atoms with Gasteiger partial charge in [-0.25, -0.2) is 0 Å². The largest absolute Gasteiger partial charge is 0.0790 e. The third-order valence-electron chi connectivity index (χ3n) is 8.81. The lowest BCUT2D eigenvalue weighted by atomic mass is 10.1. The van der Waals surface area contributed by atoms with E-state index in [0.29, 0.717) is 11.1 Å². The summed E-state index contributed by atoms with van der Waals surface area (Å²) in [5.41, 5.74) is 13.5. The molecule has 0 atom stereocenters. The first kappa shape index (κ1) is 22.6. The molecule has 4 aromatic carbocycles. The van der Waals surface area contributed by atoms with Crippen LogP contribution in [0.15, 0.2) is 97.1 Å². The Morgan fingerprint density at radius 2 is 0.743 bits per heavy atom. The molecule has 0 amide bonds. The van der Waals surface area contributed by atoms with Gasteiger partial charge in [0, 0.05) is 11.1 Å². The molecule has 0 heterocycles. The van der Waals surface area contributed by atoms with Gasteiger partial charge in [-0.2, -0.15) is 0 Å². The summed E-state index contributed by atoms with van der Waals surface area (Å²) in [5.74, 6) is 0. The minimum atomic E-state index is -1.98. The number of fused-ring (bicyclic) bond motifs is 6. The van der Waals surface area contributed by atoms with Crippen molar-refractivity contribution >= 4 is 8.07 Å². The Morgan fingerprint density at radius 3 is 1.03 bits per heavy atom. The first-order chi connectivity index (χ1) is 17.3. The molecule has 4 aromatic rings. The molecule has 0 fully saturated rings. The highest BCUT2D eigenvalue weighted by Crippen LogP contribution is 2.60. The van der Waals surface area contributed by atoms with Gasteiger partial charge in [0.25, 0.3) is 0 Å². The van der Waals surface area contributed by atoms with E-state index in [-0.39, 0.29) is 0 Å². The minimum Gasteiger partial charge on any atom is -0.0654 e. The second kappa shape index (κ2) is 9.28. The van der Waals surface area contributed by atoms with Crippen LogP contribution in [0.1, 0.15) is 72.9 Å². The fourth-order valence-corrected chi connectivity index (χ4v) is 14.7. The van der Waals surface area contributed by atoms with Crippen molar-refractivity contribution in [3.8, 4) is 22.3 Å². The van der Waals surface area contributed by atoms with E-state index in [0.717, 1.165) is 0 Å². The van der Waals surface area contributed by atoms with Crippen molar-refractivity contribution in [3.63, 3.8) is 0 Å². The maximum absolute atomic E-state index is 2.46. The van der Waals surface area contributed by atoms with Crippen LogP contribution in [0.2, 0.25) is 12.1 Å². The van der Waals surface area contributed by atoms with Crippen LogP contribution in [0.25, 0.3) is 22.3 Å². The normalized spacial score (nSPS) is 14.5. The molecule has 6 rings (SSSR count). The van der Waals surface area contributed by atoms with Crippen molar-refractivity contribution in [2.45, 2.75) is 62.7 Å². The lowest BCUT2D eigenvalue weighted by molar-refractivity contribution is 0.784. The average Bonchev–Trinajstić information content (AvgIpc) is 3.44. The fourth-order valence-electron chi connectivity index (χ4n) is 7.43. The Bertz CT molecular complexity index is 1150. The number of hydrogen-bond acceptors (Lipinski definition) is 0. The molecule has 0 unspecified atom stereocenters. The highest BCUT2D eigenvalue weighted by molar-refractivity contribution is 6.84. The molecule has 176 valence electrons. The molecule has 0 spiro atoms. The zero-order chi connectivity index (χ0) is 23.8. The molecule has 2 aliphatic rings. The molecular weight excluding hydrogens is 436 g/mol. The van der Waals surface area contributed by atoms with Crippen LogP contribution in [0.4, 0.5) is 0 Å². The lowest BCUT2D eigenvalue weighted by Crippen LogP contribution is -2.48. The summed E-state index contributed by atoms with van der Waals surface area (Å²) in [6.07, 6.45) is 5.20. The molecular formula is C34H36Si. The topological polar surface area (TPSA) is 0 Å². The number of benzene rings is 4. The molecule has 0 saturated heterocycles. The average molecular weight is 473 g/mol. The molecule has 0 N–H and O–H groups in total. The molecule has 2 aliphatic carbocycles. The highest BCUT2D eigenvalue weighted by Gasteiger charge is 2.53. The van der Waals surface area contributed by atoms with Crippen LogP contribution in [-0.2, 0) is 0 Å². The zero-order valence-corrected chi connectivity index (χ0v) is 22.1. The van der Waals surface area contributed by atoms with Crippen LogP contribution < -0.4 is 0 Å². The second-order valence-corrected chi connectivity index (χ2v) is 15.3. The van der Waals surface area contributed by atoms with Crippen molar-refractivity contribution < 1.29 is 0 Å². The maximum Gasteiger partial charge on any atom is 0.0790 e. The monoisotopic (exact) mass is 472 g/mol. The maximum atomic E-state index is 2.46. The van der Waals surface area contributed by atoms with Crippen LogP contribution in [0.3, 0.4) is 0 Å². The van der Waals surface area contributed by atoms with Crippen LogP contribution >= 0.6 is 0 Å². The smallest absolute Gasteiger partial charge is 0.0654 e. The molecule has 0 saturated carbocycles. The van der Waals surface area contributed by atoms with E-state index in [1.165, 1.54) is 60.0 Å². The summed E-state index contributed by atoms with van der Waals surface area (Å²) in [4.78, 5) is 0. The summed E-state index contributed by atoms with van der Waals surface area (Å²) in [5, 5.41) is 0. The van der Waals surface area contributed by atoms with E-state index in [1.807, 2.05) is 0 Å². The van der Waals surface area contributed by atoms with Crippen molar-refractivity contribution in [2.24, 2.45) is 0 Å². The molecule has 1 heteroatoms. The lowest BCUT2D eigenvalue weighted by Gasteiger charge is -2.44. The summed E-state index contributed by atoms with van der Waals surface area (Å²) in [7, 11) is -1.98. The molecule has 0 radical (unpaired) electrons. The van der Waals surface area contributed by atoms with E-state index in [9.17, 15) is 0 Å². The van der Waals surface area contributed by atoms with Crippen molar-refractivity contribution in [1.82, 2.24) is 0 Å². The van der Waals surface area contributed by atoms with Gasteiger partial charge >= 0.3 is 0 Å². The van der Waals surface area contributed by atoms with Gasteiger partial charge in [0.05, 0.1) is 8.07 Å². The molecule has 0 bridgehead atoms. The number of rotatable bonds is 8. The minimum absolute atomic E-state index is 0.553. The SMILES string of the molecule is CCCC[Si](CCCC)(C1c2ccccc2-c2ccccc21)C1c2ccccc2-c2ccccc21. The predicted molar refractivity (Wildman–Crippen MR) is 153 cm³/mol. The van der Waals surface area contributed by atoms with Crippen molar-refractivity contribution in [1.29, 1.82) is 0 Å². The van der Waals surface area contributed by atoms with Crippen LogP contribution in [0.5, 0.6) is 0 Å². The van der Waals surface area contributed by atoms with E-state index in [1.54, 1.807) is 22.3 Å². The standard InChI is InChI=1S/C34H36Si/c1-3-5-23-35(24-6-4-2,33-29-19-11-7-15-25(29)26-16-8-12-20-30(26)33)34-31-21-13-9-17-27(31)28-18-10-14-22-32(28)34/h7-22,33-34H,3-6,23-24H2,1-2H3. The van der Waals surface area contributed by atoms with E-state index < -0.39 is 8.07 Å². The van der Waals surface area contributed by atoms with Gasteiger partial charge in [0.15, 0.2) is 0 Å². The summed E-state index contributed by atoms with van der Waals surface area (Å²) >= 11 is 0. The first-order valence-electron chi connectivity index (χ1n) is 13.7. The summed E-state index contributed by atoms with van der Waals surface area (Å²) < 4.78 is 0. The third-order valence-corrected chi connectivity index (χ3v) is 14.9. The Morgan fingerprint density at radius 1 is 0.457 bits per heavy atom. The highest BCUT2D eigenvalue weighted by atomic mass is 28.3. The fraction of sp³-hybridized carbons (Fsp3) is 0.294. The van der Waals surface area contributed by atoms with E-state index in [4.69, 9.17) is 0 Å². The van der Waals surface area contributed by atoms with Crippen molar-refractivity contribution in [2.75, 3.05) is 0 Å². The Kier molecular flexibility index (Phi) is 5.98. The van der Waals surface area contributed by atoms with Gasteiger partial charge in [-0.3, -0.25) is 0 Å². The van der Waals surface area contributed by atoms with Gasteiger partial charge in [-0.05, 0) is 44.5 Å². The van der Waals surface area contributed by atoms with Gasteiger partial charge in [0.2, 0.25) is 0 Å². The second-order valence-electron chi connectivity index (χ2n) is 10.7. The van der Waals surface area contributed by atoms with Gasteiger partial charge in [0.1, 0.15) is 0 Å². The molecule has 35 heavy (non-hydrogen) atoms. The van der Waals surface area contributed by atoms with Crippen molar-refractivity contribution in [3.05, 3.63) is 119 Å². The van der Waals surface area contributed by atoms with Crippen LogP contribution in [-0.4, -0.2) is 8.07 Å². The van der Waals surface area contributed by atoms with Gasteiger partial charge in [-0.1, -0.05) is 149 Å². The zero-order valence-electron chi connectivity index (χ0n) is 21.1. The molecule has 0 aliphatic heterocycles. The predicted octanol–water partition coefficient (Wildman–Crippen LogP) is 9.74.